The number of alkyl halides is 3. The molecule has 4 nitrogen and oxygen atoms in total. The summed E-state index contributed by atoms with van der Waals surface area (Å²) < 4.78 is 42.0. The first-order valence-electron chi connectivity index (χ1n) is 6.18. The molecule has 1 aliphatic rings. The molecule has 1 aliphatic heterocycles. The lowest BCUT2D eigenvalue weighted by Crippen LogP contribution is -2.46. The van der Waals surface area contributed by atoms with Gasteiger partial charge in [-0.2, -0.15) is 13.2 Å². The fourth-order valence-electron chi connectivity index (χ4n) is 2.07. The van der Waals surface area contributed by atoms with Crippen molar-refractivity contribution in [3.63, 3.8) is 0 Å². The van der Waals surface area contributed by atoms with Gasteiger partial charge < -0.3 is 10.1 Å². The molecule has 0 aliphatic carbocycles. The first-order chi connectivity index (χ1) is 9.48. The summed E-state index contributed by atoms with van der Waals surface area (Å²) in [6.07, 6.45) is -4.84. The molecular formula is C12H15F3N2O2S. The molecule has 0 radical (unpaired) electrons. The molecule has 0 unspecified atom stereocenters. The Morgan fingerprint density at radius 1 is 1.45 bits per heavy atom. The minimum absolute atomic E-state index is 0.0567. The summed E-state index contributed by atoms with van der Waals surface area (Å²) in [5, 5.41) is 3.84. The zero-order valence-corrected chi connectivity index (χ0v) is 11.5. The van der Waals surface area contributed by atoms with Crippen LogP contribution in [0.5, 0.6) is 0 Å². The Bertz CT molecular complexity index is 430. The predicted octanol–water partition coefficient (Wildman–Crippen LogP) is 1.80. The molecule has 1 fully saturated rings. The van der Waals surface area contributed by atoms with Gasteiger partial charge in [-0.1, -0.05) is 6.07 Å². The summed E-state index contributed by atoms with van der Waals surface area (Å²) in [6.45, 7) is 2.33. The number of carbonyl (C=O) groups is 1. The minimum Gasteiger partial charge on any atom is -0.379 e. The normalized spacial score (nSPS) is 18.8. The van der Waals surface area contributed by atoms with E-state index < -0.39 is 12.1 Å². The maximum absolute atomic E-state index is 12.2. The fourth-order valence-corrected chi connectivity index (χ4v) is 2.93. The summed E-state index contributed by atoms with van der Waals surface area (Å²) in [5.74, 6) is -1.90. The van der Waals surface area contributed by atoms with Crippen molar-refractivity contribution in [1.82, 2.24) is 10.2 Å². The smallest absolute Gasteiger partial charge is 0.379 e. The third kappa shape index (κ3) is 3.94. The number of hydrogen-bond donors (Lipinski definition) is 1. The van der Waals surface area contributed by atoms with Crippen LogP contribution >= 0.6 is 11.3 Å². The summed E-state index contributed by atoms with van der Waals surface area (Å²) >= 11 is 1.47. The van der Waals surface area contributed by atoms with Crippen molar-refractivity contribution in [2.45, 2.75) is 12.2 Å². The molecule has 8 heteroatoms. The van der Waals surface area contributed by atoms with E-state index in [1.54, 1.807) is 0 Å². The average Bonchev–Trinajstić information content (AvgIpc) is 2.93. The largest absolute Gasteiger partial charge is 0.471 e. The zero-order chi connectivity index (χ0) is 14.6. The summed E-state index contributed by atoms with van der Waals surface area (Å²) in [5.41, 5.74) is 0. The fraction of sp³-hybridized carbons (Fsp3) is 0.583. The van der Waals surface area contributed by atoms with Crippen LogP contribution in [0.15, 0.2) is 17.5 Å². The van der Waals surface area contributed by atoms with Gasteiger partial charge in [0.15, 0.2) is 0 Å². The van der Waals surface area contributed by atoms with E-state index in [1.807, 2.05) is 27.7 Å². The number of ether oxygens (including phenoxy) is 1. The van der Waals surface area contributed by atoms with Crippen molar-refractivity contribution in [3.05, 3.63) is 22.4 Å². The lowest BCUT2D eigenvalue weighted by molar-refractivity contribution is -0.173. The highest BCUT2D eigenvalue weighted by atomic mass is 32.1. The Balaban J connectivity index is 2.02. The van der Waals surface area contributed by atoms with Gasteiger partial charge in [-0.25, -0.2) is 0 Å². The van der Waals surface area contributed by atoms with Gasteiger partial charge in [0.25, 0.3) is 0 Å². The molecule has 1 saturated heterocycles. The number of hydrogen-bond acceptors (Lipinski definition) is 4. The highest BCUT2D eigenvalue weighted by Crippen LogP contribution is 2.26. The first-order valence-corrected chi connectivity index (χ1v) is 7.06. The molecule has 2 heterocycles. The Morgan fingerprint density at radius 2 is 2.15 bits per heavy atom. The molecule has 1 atom stereocenters. The number of nitrogens with one attached hydrogen (secondary N) is 1. The molecule has 20 heavy (non-hydrogen) atoms. The lowest BCUT2D eigenvalue weighted by atomic mass is 10.2. The molecule has 0 saturated carbocycles. The average molecular weight is 308 g/mol. The standard InChI is InChI=1S/C12H15F3N2O2S/c13-12(14,15)11(18)16-8-9(10-2-1-7-20-10)17-3-5-19-6-4-17/h1-2,7,9H,3-6,8H2,(H,16,18)/t9-/m1/s1. The molecule has 1 amide bonds. The Labute approximate surface area is 118 Å². The Kier molecular flexibility index (Phi) is 5.00. The van der Waals surface area contributed by atoms with Crippen molar-refractivity contribution in [3.8, 4) is 0 Å². The summed E-state index contributed by atoms with van der Waals surface area (Å²) in [4.78, 5) is 13.9. The van der Waals surface area contributed by atoms with E-state index in [-0.39, 0.29) is 12.6 Å². The monoisotopic (exact) mass is 308 g/mol. The van der Waals surface area contributed by atoms with Gasteiger partial charge in [0.2, 0.25) is 0 Å². The maximum atomic E-state index is 12.2. The number of thiophene rings is 1. The molecule has 2 rings (SSSR count). The van der Waals surface area contributed by atoms with Gasteiger partial charge in [0.1, 0.15) is 0 Å². The van der Waals surface area contributed by atoms with Crippen LogP contribution in [0.25, 0.3) is 0 Å². The summed E-state index contributed by atoms with van der Waals surface area (Å²) in [6, 6.07) is 3.47. The third-order valence-electron chi connectivity index (χ3n) is 3.07. The van der Waals surface area contributed by atoms with Crippen LogP contribution < -0.4 is 5.32 Å². The van der Waals surface area contributed by atoms with E-state index in [0.717, 1.165) is 4.88 Å². The van der Waals surface area contributed by atoms with Crippen LogP contribution in [0, 0.1) is 0 Å². The molecule has 1 N–H and O–H groups in total. The number of halogens is 3. The van der Waals surface area contributed by atoms with Crippen molar-refractivity contribution in [2.75, 3.05) is 32.8 Å². The van der Waals surface area contributed by atoms with E-state index in [1.165, 1.54) is 11.3 Å². The van der Waals surface area contributed by atoms with Crippen LogP contribution in [-0.4, -0.2) is 49.8 Å². The van der Waals surface area contributed by atoms with Crippen molar-refractivity contribution in [2.24, 2.45) is 0 Å². The lowest BCUT2D eigenvalue weighted by Gasteiger charge is -2.34. The van der Waals surface area contributed by atoms with Gasteiger partial charge in [-0.3, -0.25) is 9.69 Å². The molecule has 112 valence electrons. The second-order valence-corrected chi connectivity index (χ2v) is 5.37. The van der Waals surface area contributed by atoms with Crippen LogP contribution in [0.1, 0.15) is 10.9 Å². The predicted molar refractivity (Wildman–Crippen MR) is 68.5 cm³/mol. The molecule has 0 bridgehead atoms. The van der Waals surface area contributed by atoms with Crippen LogP contribution in [-0.2, 0) is 9.53 Å². The van der Waals surface area contributed by atoms with E-state index >= 15 is 0 Å². The van der Waals surface area contributed by atoms with Gasteiger partial charge in [-0.05, 0) is 11.4 Å². The van der Waals surface area contributed by atoms with Crippen LogP contribution in [0.4, 0.5) is 13.2 Å². The van der Waals surface area contributed by atoms with E-state index in [2.05, 4.69) is 0 Å². The Morgan fingerprint density at radius 3 is 2.70 bits per heavy atom. The number of amides is 1. The van der Waals surface area contributed by atoms with Gasteiger partial charge in [0, 0.05) is 24.5 Å². The summed E-state index contributed by atoms with van der Waals surface area (Å²) in [7, 11) is 0. The first kappa shape index (κ1) is 15.3. The molecule has 0 spiro atoms. The SMILES string of the molecule is O=C(NC[C@H](c1cccs1)N1CCOCC1)C(F)(F)F. The molecule has 0 aromatic carbocycles. The van der Waals surface area contributed by atoms with Crippen LogP contribution in [0.3, 0.4) is 0 Å². The quantitative estimate of drug-likeness (QED) is 0.922. The van der Waals surface area contributed by atoms with Gasteiger partial charge in [0.05, 0.1) is 19.3 Å². The van der Waals surface area contributed by atoms with Crippen molar-refractivity contribution < 1.29 is 22.7 Å². The topological polar surface area (TPSA) is 41.6 Å². The minimum atomic E-state index is -4.84. The van der Waals surface area contributed by atoms with E-state index in [9.17, 15) is 18.0 Å². The highest BCUT2D eigenvalue weighted by molar-refractivity contribution is 7.10. The zero-order valence-electron chi connectivity index (χ0n) is 10.7. The maximum Gasteiger partial charge on any atom is 0.471 e. The van der Waals surface area contributed by atoms with Crippen molar-refractivity contribution in [1.29, 1.82) is 0 Å². The van der Waals surface area contributed by atoms with E-state index in [0.29, 0.717) is 26.3 Å². The van der Waals surface area contributed by atoms with Crippen molar-refractivity contribution >= 4 is 17.2 Å². The number of morpholine rings is 1. The third-order valence-corrected chi connectivity index (χ3v) is 4.05. The molecular weight excluding hydrogens is 293 g/mol. The molecule has 1 aromatic rings. The van der Waals surface area contributed by atoms with Gasteiger partial charge in [-0.15, -0.1) is 11.3 Å². The second kappa shape index (κ2) is 6.55. The van der Waals surface area contributed by atoms with Crippen LogP contribution in [0.2, 0.25) is 0 Å². The number of carbonyl (C=O) groups excluding carboxylic acids is 1. The van der Waals surface area contributed by atoms with E-state index in [4.69, 9.17) is 4.74 Å². The second-order valence-electron chi connectivity index (χ2n) is 4.39. The number of rotatable bonds is 4. The molecule has 1 aromatic heterocycles. The van der Waals surface area contributed by atoms with Gasteiger partial charge >= 0.3 is 12.1 Å². The highest BCUT2D eigenvalue weighted by Gasteiger charge is 2.39. The number of nitrogens with zero attached hydrogens (tertiary/aromatic N) is 1. The Hall–Kier alpha value is -1.12.